The molecule has 0 saturated carbocycles. The Hall–Kier alpha value is -1.34. The van der Waals surface area contributed by atoms with Crippen LogP contribution in [0.3, 0.4) is 0 Å². The van der Waals surface area contributed by atoms with E-state index in [9.17, 15) is 13.2 Å². The second-order valence-electron chi connectivity index (χ2n) is 6.88. The molecule has 1 aliphatic rings. The van der Waals surface area contributed by atoms with Gasteiger partial charge < -0.3 is 4.90 Å². The number of halogens is 1. The molecule has 1 fully saturated rings. The van der Waals surface area contributed by atoms with Gasteiger partial charge in [0.05, 0.1) is 17.2 Å². The van der Waals surface area contributed by atoms with Crippen molar-refractivity contribution in [3.8, 4) is 0 Å². The molecule has 1 amide bonds. The van der Waals surface area contributed by atoms with Crippen molar-refractivity contribution in [2.45, 2.75) is 46.7 Å². The molecule has 2 rings (SSSR count). The Labute approximate surface area is 154 Å². The maximum Gasteiger partial charge on any atom is 0.246 e. The van der Waals surface area contributed by atoms with E-state index in [4.69, 9.17) is 11.6 Å². The number of carbonyl (C=O) groups excluding carboxylic acids is 1. The van der Waals surface area contributed by atoms with Gasteiger partial charge in [0.25, 0.3) is 0 Å². The minimum absolute atomic E-state index is 0.0481. The highest BCUT2D eigenvalue weighted by Crippen LogP contribution is 2.23. The van der Waals surface area contributed by atoms with Crippen LogP contribution in [-0.2, 0) is 21.2 Å². The third-order valence-electron chi connectivity index (χ3n) is 4.31. The van der Waals surface area contributed by atoms with E-state index in [1.165, 1.54) is 6.08 Å². The minimum Gasteiger partial charge on any atom is -0.335 e. The van der Waals surface area contributed by atoms with Crippen molar-refractivity contribution in [2.75, 3.05) is 18.1 Å². The molecular weight excluding hydrogens is 362 g/mol. The van der Waals surface area contributed by atoms with Gasteiger partial charge >= 0.3 is 0 Å². The molecule has 1 unspecified atom stereocenters. The Kier molecular flexibility index (Phi) is 6.32. The summed E-state index contributed by atoms with van der Waals surface area (Å²) < 4.78 is 25.1. The van der Waals surface area contributed by atoms with Crippen LogP contribution in [0.4, 0.5) is 0 Å². The van der Waals surface area contributed by atoms with Gasteiger partial charge in [-0.05, 0) is 32.3 Å². The van der Waals surface area contributed by atoms with Crippen LogP contribution in [0.15, 0.2) is 6.08 Å². The highest BCUT2D eigenvalue weighted by Gasteiger charge is 2.33. The predicted molar refractivity (Wildman–Crippen MR) is 100 cm³/mol. The first-order chi connectivity index (χ1) is 11.6. The van der Waals surface area contributed by atoms with Gasteiger partial charge in [0, 0.05) is 30.8 Å². The maximum atomic E-state index is 12.5. The fraction of sp³-hybridized carbons (Fsp3) is 0.647. The number of hydrogen-bond donors (Lipinski definition) is 0. The topological polar surface area (TPSA) is 72.3 Å². The van der Waals surface area contributed by atoms with Gasteiger partial charge in [-0.2, -0.15) is 5.10 Å². The molecule has 140 valence electrons. The predicted octanol–water partition coefficient (Wildman–Crippen LogP) is 2.55. The van der Waals surface area contributed by atoms with Crippen molar-refractivity contribution in [3.05, 3.63) is 22.5 Å². The van der Waals surface area contributed by atoms with Gasteiger partial charge in [0.2, 0.25) is 5.91 Å². The van der Waals surface area contributed by atoms with Crippen LogP contribution >= 0.6 is 11.6 Å². The molecule has 1 atom stereocenters. The van der Waals surface area contributed by atoms with E-state index in [2.05, 4.69) is 18.9 Å². The van der Waals surface area contributed by atoms with Gasteiger partial charge in [-0.3, -0.25) is 9.48 Å². The molecule has 1 aliphatic heterocycles. The van der Waals surface area contributed by atoms with Crippen LogP contribution in [0.2, 0.25) is 5.15 Å². The maximum absolute atomic E-state index is 12.5. The van der Waals surface area contributed by atoms with Crippen molar-refractivity contribution >= 4 is 33.4 Å². The summed E-state index contributed by atoms with van der Waals surface area (Å²) in [4.78, 5) is 14.1. The zero-order chi connectivity index (χ0) is 18.8. The summed E-state index contributed by atoms with van der Waals surface area (Å²) in [5, 5.41) is 4.93. The smallest absolute Gasteiger partial charge is 0.246 e. The molecule has 0 N–H and O–H groups in total. The van der Waals surface area contributed by atoms with E-state index >= 15 is 0 Å². The second-order valence-corrected chi connectivity index (χ2v) is 9.47. The lowest BCUT2D eigenvalue weighted by molar-refractivity contribution is -0.127. The van der Waals surface area contributed by atoms with Crippen molar-refractivity contribution < 1.29 is 13.2 Å². The summed E-state index contributed by atoms with van der Waals surface area (Å²) in [7, 11) is -3.03. The molecule has 0 spiro atoms. The summed E-state index contributed by atoms with van der Waals surface area (Å²) in [6.07, 6.45) is 3.64. The zero-order valence-electron chi connectivity index (χ0n) is 15.2. The third kappa shape index (κ3) is 4.85. The first kappa shape index (κ1) is 20.0. The van der Waals surface area contributed by atoms with Crippen LogP contribution in [0.1, 0.15) is 38.4 Å². The highest BCUT2D eigenvalue weighted by atomic mass is 35.5. The Morgan fingerprint density at radius 1 is 1.48 bits per heavy atom. The van der Waals surface area contributed by atoms with Gasteiger partial charge in [0.15, 0.2) is 9.84 Å². The largest absolute Gasteiger partial charge is 0.335 e. The standard InChI is InChI=1S/C17H26ClN3O3S/c1-5-20(14-8-9-25(23,24)11-14)16(22)7-6-15-13(4)19-21(17(15)18)10-12(2)3/h6-7,12,14H,5,8-11H2,1-4H3/b7-6+. The number of aryl methyl sites for hydroxylation is 1. The van der Waals surface area contributed by atoms with Crippen LogP contribution in [0, 0.1) is 12.8 Å². The number of amides is 1. The molecule has 1 aromatic rings. The lowest BCUT2D eigenvalue weighted by Gasteiger charge is -2.25. The van der Waals surface area contributed by atoms with Gasteiger partial charge in [-0.25, -0.2) is 8.42 Å². The lowest BCUT2D eigenvalue weighted by Crippen LogP contribution is -2.40. The Morgan fingerprint density at radius 2 is 2.16 bits per heavy atom. The van der Waals surface area contributed by atoms with E-state index in [0.717, 1.165) is 11.3 Å². The average molecular weight is 388 g/mol. The number of rotatable bonds is 6. The Balaban J connectivity index is 2.15. The molecule has 1 aromatic heterocycles. The van der Waals surface area contributed by atoms with Gasteiger partial charge in [-0.1, -0.05) is 25.4 Å². The molecule has 0 aromatic carbocycles. The Morgan fingerprint density at radius 3 is 2.68 bits per heavy atom. The normalized spacial score (nSPS) is 19.8. The molecule has 0 bridgehead atoms. The zero-order valence-corrected chi connectivity index (χ0v) is 16.8. The number of aromatic nitrogens is 2. The summed E-state index contributed by atoms with van der Waals surface area (Å²) in [6.45, 7) is 9.07. The molecule has 8 heteroatoms. The molecule has 25 heavy (non-hydrogen) atoms. The number of hydrogen-bond acceptors (Lipinski definition) is 4. The van der Waals surface area contributed by atoms with Crippen LogP contribution in [0.25, 0.3) is 6.08 Å². The van der Waals surface area contributed by atoms with Crippen LogP contribution in [0.5, 0.6) is 0 Å². The summed E-state index contributed by atoms with van der Waals surface area (Å²) in [5.74, 6) is 0.414. The monoisotopic (exact) mass is 387 g/mol. The second kappa shape index (κ2) is 7.91. The van der Waals surface area contributed by atoms with E-state index < -0.39 is 9.84 Å². The van der Waals surface area contributed by atoms with Gasteiger partial charge in [0.1, 0.15) is 5.15 Å². The van der Waals surface area contributed by atoms with Crippen molar-refractivity contribution in [1.82, 2.24) is 14.7 Å². The summed E-state index contributed by atoms with van der Waals surface area (Å²) >= 11 is 6.38. The van der Waals surface area contributed by atoms with Crippen molar-refractivity contribution in [2.24, 2.45) is 5.92 Å². The molecule has 1 saturated heterocycles. The number of carbonyl (C=O) groups is 1. The first-order valence-electron chi connectivity index (χ1n) is 8.56. The quantitative estimate of drug-likeness (QED) is 0.703. The number of likely N-dealkylation sites (N-methyl/N-ethyl adjacent to an activating group) is 1. The molecule has 6 nitrogen and oxygen atoms in total. The fourth-order valence-electron chi connectivity index (χ4n) is 3.09. The summed E-state index contributed by atoms with van der Waals surface area (Å²) in [5.41, 5.74) is 1.49. The number of sulfone groups is 1. The van der Waals surface area contributed by atoms with Crippen molar-refractivity contribution in [1.29, 1.82) is 0 Å². The lowest BCUT2D eigenvalue weighted by atomic mass is 10.2. The van der Waals surface area contributed by atoms with E-state index in [-0.39, 0.29) is 23.5 Å². The van der Waals surface area contributed by atoms with E-state index in [1.54, 1.807) is 15.7 Å². The Bertz CT molecular complexity index is 768. The molecular formula is C17H26ClN3O3S. The van der Waals surface area contributed by atoms with Crippen LogP contribution in [-0.4, -0.2) is 53.1 Å². The molecule has 0 aliphatic carbocycles. The van der Waals surface area contributed by atoms with Gasteiger partial charge in [-0.15, -0.1) is 0 Å². The molecule has 2 heterocycles. The first-order valence-corrected chi connectivity index (χ1v) is 10.8. The van der Waals surface area contributed by atoms with E-state index in [1.807, 2.05) is 13.8 Å². The number of nitrogens with zero attached hydrogens (tertiary/aromatic N) is 3. The summed E-state index contributed by atoms with van der Waals surface area (Å²) in [6, 6.07) is -0.243. The average Bonchev–Trinajstić information content (AvgIpc) is 2.98. The highest BCUT2D eigenvalue weighted by molar-refractivity contribution is 7.91. The SMILES string of the molecule is CCN(C(=O)/C=C/c1c(C)nn(CC(C)C)c1Cl)C1CCS(=O)(=O)C1. The third-order valence-corrected chi connectivity index (χ3v) is 6.46. The minimum atomic E-state index is -3.03. The molecule has 0 radical (unpaired) electrons. The van der Waals surface area contributed by atoms with E-state index in [0.29, 0.717) is 30.6 Å². The van der Waals surface area contributed by atoms with Crippen molar-refractivity contribution in [3.63, 3.8) is 0 Å². The fourth-order valence-corrected chi connectivity index (χ4v) is 5.13. The van der Waals surface area contributed by atoms with Crippen LogP contribution < -0.4 is 0 Å².